The van der Waals surface area contributed by atoms with Gasteiger partial charge in [0.15, 0.2) is 0 Å². The highest BCUT2D eigenvalue weighted by atomic mass is 16.6. The van der Waals surface area contributed by atoms with Gasteiger partial charge in [0, 0.05) is 6.08 Å². The number of carbonyl (C=O) groups excluding carboxylic acids is 3. The number of ether oxygens (including phenoxy) is 2. The van der Waals surface area contributed by atoms with Crippen LogP contribution in [-0.4, -0.2) is 17.9 Å². The van der Waals surface area contributed by atoms with Gasteiger partial charge in [0.2, 0.25) is 0 Å². The lowest BCUT2D eigenvalue weighted by atomic mass is 10.3. The Morgan fingerprint density at radius 2 is 1.64 bits per heavy atom. The molecule has 0 N–H and O–H groups in total. The maximum atomic E-state index is 10.8. The molecule has 0 unspecified atom stereocenters. The van der Waals surface area contributed by atoms with Crippen molar-refractivity contribution in [2.45, 2.75) is 12.8 Å². The molecule has 5 nitrogen and oxygen atoms in total. The lowest BCUT2D eigenvalue weighted by Crippen LogP contribution is -2.11. The quantitative estimate of drug-likeness (QED) is 0.281. The molecular weight excluding hydrogens is 188 g/mol. The summed E-state index contributed by atoms with van der Waals surface area (Å²) in [6, 6.07) is 0. The van der Waals surface area contributed by atoms with E-state index in [1.807, 2.05) is 0 Å². The molecule has 0 amide bonds. The summed E-state index contributed by atoms with van der Waals surface area (Å²) in [6.45, 7) is 6.27. The lowest BCUT2D eigenvalue weighted by Gasteiger charge is -1.99. The molecule has 0 fully saturated rings. The van der Waals surface area contributed by atoms with Crippen LogP contribution in [0.15, 0.2) is 25.5 Å². The van der Waals surface area contributed by atoms with Crippen LogP contribution in [0.1, 0.15) is 12.8 Å². The Kier molecular flexibility index (Phi) is 5.69. The lowest BCUT2D eigenvalue weighted by molar-refractivity contribution is -0.157. The van der Waals surface area contributed by atoms with Crippen molar-refractivity contribution in [3.8, 4) is 0 Å². The molecule has 0 heterocycles. The topological polar surface area (TPSA) is 69.7 Å². The second-order valence-electron chi connectivity index (χ2n) is 2.15. The molecule has 0 saturated carbocycles. The van der Waals surface area contributed by atoms with Crippen LogP contribution in [0.5, 0.6) is 0 Å². The maximum absolute atomic E-state index is 10.8. The first kappa shape index (κ1) is 12.1. The standard InChI is InChI=1S/C9H10O5/c1-3-7(10)14-9(12)6-5-8(11)13-4-2/h3-4H,1-2,5-6H2. The molecule has 0 spiro atoms. The van der Waals surface area contributed by atoms with Crippen LogP contribution in [0.4, 0.5) is 0 Å². The molecule has 0 aromatic heterocycles. The van der Waals surface area contributed by atoms with Gasteiger partial charge < -0.3 is 9.47 Å². The molecule has 0 saturated heterocycles. The van der Waals surface area contributed by atoms with Gasteiger partial charge in [0.1, 0.15) is 0 Å². The number of rotatable bonds is 5. The molecule has 0 aromatic rings. The minimum absolute atomic E-state index is 0.157. The third kappa shape index (κ3) is 5.70. The third-order valence-electron chi connectivity index (χ3n) is 1.13. The summed E-state index contributed by atoms with van der Waals surface area (Å²) in [5.74, 6) is -2.24. The highest BCUT2D eigenvalue weighted by Gasteiger charge is 2.10. The third-order valence-corrected chi connectivity index (χ3v) is 1.13. The average molecular weight is 198 g/mol. The number of hydrogen-bond donors (Lipinski definition) is 0. The fourth-order valence-electron chi connectivity index (χ4n) is 0.561. The van der Waals surface area contributed by atoms with Crippen LogP contribution in [-0.2, 0) is 23.9 Å². The van der Waals surface area contributed by atoms with Crippen LogP contribution in [0, 0.1) is 0 Å². The van der Waals surface area contributed by atoms with Crippen molar-refractivity contribution in [3.05, 3.63) is 25.5 Å². The van der Waals surface area contributed by atoms with Crippen molar-refractivity contribution in [1.29, 1.82) is 0 Å². The van der Waals surface area contributed by atoms with Crippen molar-refractivity contribution in [3.63, 3.8) is 0 Å². The Hall–Kier alpha value is -1.91. The van der Waals surface area contributed by atoms with Crippen molar-refractivity contribution in [1.82, 2.24) is 0 Å². The summed E-state index contributed by atoms with van der Waals surface area (Å²) >= 11 is 0. The first-order chi connectivity index (χ1) is 6.60. The van der Waals surface area contributed by atoms with Gasteiger partial charge in [0.05, 0.1) is 19.1 Å². The highest BCUT2D eigenvalue weighted by molar-refractivity contribution is 5.92. The van der Waals surface area contributed by atoms with Gasteiger partial charge in [-0.2, -0.15) is 0 Å². The molecule has 0 rings (SSSR count). The van der Waals surface area contributed by atoms with Gasteiger partial charge in [-0.05, 0) is 0 Å². The van der Waals surface area contributed by atoms with Crippen molar-refractivity contribution < 1.29 is 23.9 Å². The minimum atomic E-state index is -0.841. The smallest absolute Gasteiger partial charge is 0.337 e. The largest absolute Gasteiger partial charge is 0.435 e. The van der Waals surface area contributed by atoms with Gasteiger partial charge in [-0.1, -0.05) is 13.2 Å². The Morgan fingerprint density at radius 1 is 1.07 bits per heavy atom. The zero-order chi connectivity index (χ0) is 11.0. The van der Waals surface area contributed by atoms with Crippen molar-refractivity contribution in [2.24, 2.45) is 0 Å². The predicted molar refractivity (Wildman–Crippen MR) is 46.8 cm³/mol. The summed E-state index contributed by atoms with van der Waals surface area (Å²) in [6.07, 6.45) is 1.45. The van der Waals surface area contributed by atoms with Gasteiger partial charge in [0.25, 0.3) is 0 Å². The molecule has 0 aromatic carbocycles. The minimum Gasteiger partial charge on any atom is -0.435 e. The SMILES string of the molecule is C=COC(=O)CCC(=O)OC(=O)C=C. The maximum Gasteiger partial charge on any atom is 0.337 e. The van der Waals surface area contributed by atoms with E-state index < -0.39 is 17.9 Å². The summed E-state index contributed by atoms with van der Waals surface area (Å²) in [4.78, 5) is 32.0. The molecule has 0 bridgehead atoms. The van der Waals surface area contributed by atoms with Gasteiger partial charge in [-0.3, -0.25) is 9.59 Å². The molecule has 76 valence electrons. The van der Waals surface area contributed by atoms with E-state index in [1.54, 1.807) is 0 Å². The van der Waals surface area contributed by atoms with Crippen molar-refractivity contribution >= 4 is 17.9 Å². The van der Waals surface area contributed by atoms with E-state index in [9.17, 15) is 14.4 Å². The zero-order valence-corrected chi connectivity index (χ0v) is 7.52. The Bertz CT molecular complexity index is 266. The van der Waals surface area contributed by atoms with Crippen LogP contribution < -0.4 is 0 Å². The molecule has 0 atom stereocenters. The Balaban J connectivity index is 3.73. The van der Waals surface area contributed by atoms with Crippen molar-refractivity contribution in [2.75, 3.05) is 0 Å². The summed E-state index contributed by atoms with van der Waals surface area (Å²) in [7, 11) is 0. The van der Waals surface area contributed by atoms with E-state index in [4.69, 9.17) is 0 Å². The number of carbonyl (C=O) groups is 3. The molecule has 14 heavy (non-hydrogen) atoms. The normalized spacial score (nSPS) is 8.57. The number of esters is 3. The van der Waals surface area contributed by atoms with E-state index in [0.717, 1.165) is 12.3 Å². The van der Waals surface area contributed by atoms with E-state index in [2.05, 4.69) is 22.6 Å². The first-order valence-corrected chi connectivity index (χ1v) is 3.77. The second-order valence-corrected chi connectivity index (χ2v) is 2.15. The molecular formula is C9H10O5. The molecule has 0 aliphatic carbocycles. The highest BCUT2D eigenvalue weighted by Crippen LogP contribution is 1.96. The monoisotopic (exact) mass is 198 g/mol. The molecule has 0 aliphatic rings. The second kappa shape index (κ2) is 6.59. The average Bonchev–Trinajstić information content (AvgIpc) is 2.15. The van der Waals surface area contributed by atoms with Crippen LogP contribution in [0.3, 0.4) is 0 Å². The zero-order valence-electron chi connectivity index (χ0n) is 7.52. The van der Waals surface area contributed by atoms with Crippen LogP contribution in [0.2, 0.25) is 0 Å². The fourth-order valence-corrected chi connectivity index (χ4v) is 0.561. The van der Waals surface area contributed by atoms with Gasteiger partial charge in [-0.15, -0.1) is 0 Å². The molecule has 5 heteroatoms. The van der Waals surface area contributed by atoms with Gasteiger partial charge >= 0.3 is 17.9 Å². The summed E-state index contributed by atoms with van der Waals surface area (Å²) in [5, 5.41) is 0. The Labute approximate surface area is 81.0 Å². The molecule has 0 radical (unpaired) electrons. The molecule has 0 aliphatic heterocycles. The van der Waals surface area contributed by atoms with E-state index in [-0.39, 0.29) is 12.8 Å². The first-order valence-electron chi connectivity index (χ1n) is 3.77. The van der Waals surface area contributed by atoms with E-state index >= 15 is 0 Å². The fraction of sp³-hybridized carbons (Fsp3) is 0.222. The Morgan fingerprint density at radius 3 is 2.14 bits per heavy atom. The summed E-state index contributed by atoms with van der Waals surface area (Å²) < 4.78 is 8.53. The van der Waals surface area contributed by atoms with E-state index in [1.165, 1.54) is 0 Å². The van der Waals surface area contributed by atoms with Crippen LogP contribution in [0.25, 0.3) is 0 Å². The van der Waals surface area contributed by atoms with Crippen LogP contribution >= 0.6 is 0 Å². The van der Waals surface area contributed by atoms with Gasteiger partial charge in [-0.25, -0.2) is 4.79 Å². The number of hydrogen-bond acceptors (Lipinski definition) is 5. The predicted octanol–water partition coefficient (Wildman–Crippen LogP) is 0.709. The van der Waals surface area contributed by atoms with E-state index in [0.29, 0.717) is 0 Å². The summed E-state index contributed by atoms with van der Waals surface area (Å²) in [5.41, 5.74) is 0.